The van der Waals surface area contributed by atoms with E-state index in [4.69, 9.17) is 15.6 Å². The maximum absolute atomic E-state index is 12.7. The molecular weight excluding hydrogens is 311 g/mol. The van der Waals surface area contributed by atoms with E-state index in [1.54, 1.807) is 18.3 Å². The second-order valence-corrected chi connectivity index (χ2v) is 4.86. The van der Waals surface area contributed by atoms with Gasteiger partial charge in [-0.05, 0) is 45.6 Å². The van der Waals surface area contributed by atoms with Crippen molar-refractivity contribution in [1.82, 2.24) is 4.98 Å². The Hall–Kier alpha value is -2.40. The third-order valence-electron chi connectivity index (χ3n) is 2.50. The summed E-state index contributed by atoms with van der Waals surface area (Å²) in [6.45, 7) is 0. The SMILES string of the molecule is N=C(OC(=N)c1cccnc1)c1ccc(OC(F)(F)P)cc1. The Morgan fingerprint density at radius 3 is 2.23 bits per heavy atom. The maximum Gasteiger partial charge on any atom is 0.408 e. The molecule has 1 aromatic carbocycles. The van der Waals surface area contributed by atoms with Gasteiger partial charge in [0.05, 0.1) is 5.56 Å². The number of hydrogen-bond acceptors (Lipinski definition) is 5. The summed E-state index contributed by atoms with van der Waals surface area (Å²) in [6, 6.07) is 8.64. The average molecular weight is 323 g/mol. The Labute approximate surface area is 127 Å². The fourth-order valence-corrected chi connectivity index (χ4v) is 1.68. The Morgan fingerprint density at radius 2 is 1.68 bits per heavy atom. The number of benzene rings is 1. The number of rotatable bonds is 4. The van der Waals surface area contributed by atoms with Crippen LogP contribution in [0.2, 0.25) is 0 Å². The van der Waals surface area contributed by atoms with Crippen LogP contribution in [0.3, 0.4) is 0 Å². The number of halogens is 2. The van der Waals surface area contributed by atoms with Crippen LogP contribution in [-0.2, 0) is 4.74 Å². The largest absolute Gasteiger partial charge is 0.430 e. The zero-order valence-corrected chi connectivity index (χ0v) is 12.4. The zero-order chi connectivity index (χ0) is 16.2. The minimum Gasteiger partial charge on any atom is -0.430 e. The molecule has 114 valence electrons. The van der Waals surface area contributed by atoms with Crippen molar-refractivity contribution in [3.63, 3.8) is 0 Å². The van der Waals surface area contributed by atoms with Gasteiger partial charge in [-0.25, -0.2) is 0 Å². The quantitative estimate of drug-likeness (QED) is 0.515. The van der Waals surface area contributed by atoms with Gasteiger partial charge >= 0.3 is 5.85 Å². The van der Waals surface area contributed by atoms with Gasteiger partial charge in [0, 0.05) is 18.0 Å². The van der Waals surface area contributed by atoms with Crippen LogP contribution in [0.5, 0.6) is 5.75 Å². The second kappa shape index (κ2) is 6.58. The van der Waals surface area contributed by atoms with E-state index >= 15 is 0 Å². The fourth-order valence-electron chi connectivity index (χ4n) is 1.55. The van der Waals surface area contributed by atoms with E-state index in [2.05, 4.69) is 9.72 Å². The minimum absolute atomic E-state index is 0.0427. The van der Waals surface area contributed by atoms with Gasteiger partial charge in [-0.15, -0.1) is 0 Å². The van der Waals surface area contributed by atoms with E-state index in [9.17, 15) is 8.78 Å². The molecule has 0 aliphatic carbocycles. The Morgan fingerprint density at radius 1 is 1.05 bits per heavy atom. The molecule has 2 N–H and O–H groups in total. The highest BCUT2D eigenvalue weighted by atomic mass is 31.0. The van der Waals surface area contributed by atoms with Crippen molar-refractivity contribution in [2.75, 3.05) is 0 Å². The molecule has 0 fully saturated rings. The third-order valence-corrected chi connectivity index (χ3v) is 2.62. The maximum atomic E-state index is 12.7. The summed E-state index contributed by atoms with van der Waals surface area (Å²) in [5, 5.41) is 15.5. The van der Waals surface area contributed by atoms with Gasteiger partial charge in [0.1, 0.15) is 5.75 Å². The van der Waals surface area contributed by atoms with Gasteiger partial charge in [-0.1, -0.05) is 0 Å². The second-order valence-electron chi connectivity index (χ2n) is 4.19. The third kappa shape index (κ3) is 4.56. The van der Waals surface area contributed by atoms with Crippen LogP contribution in [0.25, 0.3) is 0 Å². The molecule has 0 amide bonds. The number of alkyl halides is 2. The molecule has 1 aromatic heterocycles. The highest BCUT2D eigenvalue weighted by Gasteiger charge is 2.23. The lowest BCUT2D eigenvalue weighted by molar-refractivity contribution is -0.0892. The lowest BCUT2D eigenvalue weighted by Crippen LogP contribution is -2.15. The molecule has 0 bridgehead atoms. The average Bonchev–Trinajstić information content (AvgIpc) is 2.47. The van der Waals surface area contributed by atoms with Crippen LogP contribution < -0.4 is 4.74 Å². The molecule has 2 rings (SSSR count). The zero-order valence-electron chi connectivity index (χ0n) is 11.2. The first-order chi connectivity index (χ1) is 10.3. The van der Waals surface area contributed by atoms with Gasteiger partial charge in [0.2, 0.25) is 11.8 Å². The first-order valence-corrected chi connectivity index (χ1v) is 6.64. The predicted molar refractivity (Wildman–Crippen MR) is 80.7 cm³/mol. The molecular formula is C14H12F2N3O2P. The van der Waals surface area contributed by atoms with Crippen molar-refractivity contribution < 1.29 is 18.3 Å². The van der Waals surface area contributed by atoms with Crippen molar-refractivity contribution in [2.45, 2.75) is 5.85 Å². The van der Waals surface area contributed by atoms with Crippen LogP contribution in [0.15, 0.2) is 48.8 Å². The van der Waals surface area contributed by atoms with E-state index < -0.39 is 5.85 Å². The van der Waals surface area contributed by atoms with E-state index in [1.165, 1.54) is 39.7 Å². The van der Waals surface area contributed by atoms with Gasteiger partial charge in [0.25, 0.3) is 0 Å². The van der Waals surface area contributed by atoms with Crippen molar-refractivity contribution in [1.29, 1.82) is 10.8 Å². The number of pyridine rings is 1. The number of aromatic nitrogens is 1. The van der Waals surface area contributed by atoms with E-state index in [0.29, 0.717) is 11.1 Å². The summed E-state index contributed by atoms with van der Waals surface area (Å²) < 4.78 is 34.8. The molecule has 1 atom stereocenters. The van der Waals surface area contributed by atoms with Crippen molar-refractivity contribution in [3.8, 4) is 5.75 Å². The molecule has 8 heteroatoms. The number of ether oxygens (including phenoxy) is 2. The van der Waals surface area contributed by atoms with Crippen molar-refractivity contribution in [2.24, 2.45) is 0 Å². The van der Waals surface area contributed by atoms with Gasteiger partial charge < -0.3 is 9.47 Å². The Kier molecular flexibility index (Phi) is 4.78. The number of hydrogen-bond donors (Lipinski definition) is 2. The van der Waals surface area contributed by atoms with Crippen molar-refractivity contribution in [3.05, 3.63) is 59.9 Å². The molecule has 22 heavy (non-hydrogen) atoms. The fraction of sp³-hybridized carbons (Fsp3) is 0.0714. The van der Waals surface area contributed by atoms with E-state index in [1.807, 2.05) is 0 Å². The highest BCUT2D eigenvalue weighted by Crippen LogP contribution is 2.27. The molecule has 5 nitrogen and oxygen atoms in total. The molecule has 1 heterocycles. The first kappa shape index (κ1) is 16.0. The summed E-state index contributed by atoms with van der Waals surface area (Å²) in [7, 11) is 1.27. The normalized spacial score (nSPS) is 10.9. The topological polar surface area (TPSA) is 79.0 Å². The highest BCUT2D eigenvalue weighted by molar-refractivity contribution is 7.17. The van der Waals surface area contributed by atoms with Crippen LogP contribution >= 0.6 is 9.24 Å². The van der Waals surface area contributed by atoms with Gasteiger partial charge in [0.15, 0.2) is 0 Å². The molecule has 0 aliphatic rings. The number of nitrogens with zero attached hydrogens (tertiary/aromatic N) is 1. The summed E-state index contributed by atoms with van der Waals surface area (Å²) in [6.07, 6.45) is 3.00. The molecule has 0 saturated carbocycles. The lowest BCUT2D eigenvalue weighted by Gasteiger charge is -2.13. The molecule has 1 unspecified atom stereocenters. The van der Waals surface area contributed by atoms with Gasteiger partial charge in [-0.3, -0.25) is 15.8 Å². The first-order valence-electron chi connectivity index (χ1n) is 6.06. The van der Waals surface area contributed by atoms with Crippen LogP contribution in [0.4, 0.5) is 8.78 Å². The standard InChI is InChI=1S/C14H12F2N3O2P/c15-14(16,22)21-11-5-3-9(4-6-11)12(17)20-13(18)10-2-1-7-19-8-10/h1-8,17-18H,22H2. The van der Waals surface area contributed by atoms with Crippen molar-refractivity contribution >= 4 is 21.0 Å². The summed E-state index contributed by atoms with van der Waals surface area (Å²) >= 11 is 0. The molecule has 0 spiro atoms. The van der Waals surface area contributed by atoms with Crippen LogP contribution in [0.1, 0.15) is 11.1 Å². The molecule has 0 radical (unpaired) electrons. The van der Waals surface area contributed by atoms with E-state index in [0.717, 1.165) is 0 Å². The van der Waals surface area contributed by atoms with E-state index in [-0.39, 0.29) is 17.5 Å². The van der Waals surface area contributed by atoms with Gasteiger partial charge in [-0.2, -0.15) is 8.78 Å². The molecule has 0 aliphatic heterocycles. The summed E-state index contributed by atoms with van der Waals surface area (Å²) in [4.78, 5) is 3.85. The smallest absolute Gasteiger partial charge is 0.408 e. The molecule has 0 saturated heterocycles. The monoisotopic (exact) mass is 323 g/mol. The lowest BCUT2D eigenvalue weighted by atomic mass is 10.2. The van der Waals surface area contributed by atoms with Crippen LogP contribution in [0, 0.1) is 10.8 Å². The molecule has 2 aromatic rings. The Bertz CT molecular complexity index is 673. The number of nitrogens with one attached hydrogen (secondary N) is 2. The summed E-state index contributed by atoms with van der Waals surface area (Å²) in [5.41, 5.74) is 0.753. The Balaban J connectivity index is 2.03. The predicted octanol–water partition coefficient (Wildman–Crippen LogP) is 3.25. The van der Waals surface area contributed by atoms with Crippen LogP contribution in [-0.4, -0.2) is 22.6 Å². The summed E-state index contributed by atoms with van der Waals surface area (Å²) in [5.74, 6) is -3.90. The minimum atomic E-state index is -3.35.